The maximum atomic E-state index is 5.45. The average molecular weight is 271 g/mol. The molecule has 0 saturated heterocycles. The van der Waals surface area contributed by atoms with Gasteiger partial charge in [-0.2, -0.15) is 5.10 Å². The third kappa shape index (κ3) is 8.72. The van der Waals surface area contributed by atoms with Gasteiger partial charge in [-0.1, -0.05) is 0 Å². The van der Waals surface area contributed by atoms with Crippen molar-refractivity contribution in [3.05, 3.63) is 18.5 Å². The van der Waals surface area contributed by atoms with Gasteiger partial charge in [0.1, 0.15) is 0 Å². The van der Waals surface area contributed by atoms with E-state index in [0.29, 0.717) is 39.1 Å². The van der Waals surface area contributed by atoms with Gasteiger partial charge < -0.3 is 19.5 Å². The van der Waals surface area contributed by atoms with Crippen molar-refractivity contribution in [2.45, 2.75) is 19.5 Å². The van der Waals surface area contributed by atoms with Crippen molar-refractivity contribution in [1.29, 1.82) is 0 Å². The third-order valence-corrected chi connectivity index (χ3v) is 2.56. The second-order valence-corrected chi connectivity index (χ2v) is 4.30. The van der Waals surface area contributed by atoms with Gasteiger partial charge in [0.2, 0.25) is 0 Å². The lowest BCUT2D eigenvalue weighted by molar-refractivity contribution is 0.0252. The first-order valence-electron chi connectivity index (χ1n) is 6.68. The molecule has 1 heterocycles. The molecule has 1 atom stereocenters. The monoisotopic (exact) mass is 271 g/mol. The van der Waals surface area contributed by atoms with Crippen molar-refractivity contribution in [3.8, 4) is 0 Å². The maximum absolute atomic E-state index is 5.45. The van der Waals surface area contributed by atoms with E-state index in [1.54, 1.807) is 13.3 Å². The van der Waals surface area contributed by atoms with Crippen LogP contribution in [0.25, 0.3) is 0 Å². The summed E-state index contributed by atoms with van der Waals surface area (Å²) in [4.78, 5) is 0. The number of nitrogens with one attached hydrogen (secondary N) is 1. The van der Waals surface area contributed by atoms with Gasteiger partial charge in [0.25, 0.3) is 0 Å². The zero-order valence-corrected chi connectivity index (χ0v) is 11.9. The van der Waals surface area contributed by atoms with Crippen molar-refractivity contribution in [1.82, 2.24) is 15.1 Å². The molecule has 1 aromatic rings. The predicted molar refractivity (Wildman–Crippen MR) is 73.2 cm³/mol. The summed E-state index contributed by atoms with van der Waals surface area (Å²) in [5, 5.41) is 7.55. The van der Waals surface area contributed by atoms with Crippen LogP contribution >= 0.6 is 0 Å². The minimum Gasteiger partial charge on any atom is -0.382 e. The molecule has 6 nitrogen and oxygen atoms in total. The Morgan fingerprint density at radius 3 is 2.58 bits per heavy atom. The van der Waals surface area contributed by atoms with E-state index in [-0.39, 0.29) is 0 Å². The van der Waals surface area contributed by atoms with Gasteiger partial charge in [-0.15, -0.1) is 0 Å². The normalized spacial score (nSPS) is 12.7. The molecule has 0 aliphatic carbocycles. The average Bonchev–Trinajstić information content (AvgIpc) is 2.89. The topological polar surface area (TPSA) is 57.5 Å². The summed E-state index contributed by atoms with van der Waals surface area (Å²) in [6.45, 7) is 7.02. The van der Waals surface area contributed by atoms with Crippen LogP contribution in [-0.4, -0.2) is 62.5 Å². The summed E-state index contributed by atoms with van der Waals surface area (Å²) in [7, 11) is 1.66. The second-order valence-electron chi connectivity index (χ2n) is 4.30. The number of hydrogen-bond donors (Lipinski definition) is 1. The van der Waals surface area contributed by atoms with Crippen molar-refractivity contribution in [3.63, 3.8) is 0 Å². The van der Waals surface area contributed by atoms with Crippen molar-refractivity contribution < 1.29 is 14.2 Å². The SMILES string of the molecule is COCCOCCOCCNC(C)Cn1cccn1. The van der Waals surface area contributed by atoms with Gasteiger partial charge >= 0.3 is 0 Å². The molecule has 0 aliphatic rings. The highest BCUT2D eigenvalue weighted by molar-refractivity contribution is 4.78. The van der Waals surface area contributed by atoms with Gasteiger partial charge in [0, 0.05) is 32.1 Å². The standard InChI is InChI=1S/C13H25N3O3/c1-13(12-16-6-3-4-15-16)14-5-7-18-10-11-19-9-8-17-2/h3-4,6,13-14H,5,7-12H2,1-2H3. The molecule has 0 fully saturated rings. The Kier molecular flexibility index (Phi) is 9.26. The van der Waals surface area contributed by atoms with Gasteiger partial charge in [-0.05, 0) is 13.0 Å². The van der Waals surface area contributed by atoms with Crippen LogP contribution in [0.5, 0.6) is 0 Å². The van der Waals surface area contributed by atoms with Crippen LogP contribution in [0.2, 0.25) is 0 Å². The Balaban J connectivity index is 1.85. The molecule has 1 unspecified atom stereocenters. The first kappa shape index (κ1) is 16.1. The molecular weight excluding hydrogens is 246 g/mol. The Hall–Kier alpha value is -0.950. The Morgan fingerprint density at radius 2 is 1.89 bits per heavy atom. The molecule has 0 aliphatic heterocycles. The first-order chi connectivity index (χ1) is 9.33. The van der Waals surface area contributed by atoms with E-state index in [9.17, 15) is 0 Å². The van der Waals surface area contributed by atoms with Crippen LogP contribution < -0.4 is 5.32 Å². The molecule has 0 bridgehead atoms. The molecule has 1 aromatic heterocycles. The lowest BCUT2D eigenvalue weighted by Crippen LogP contribution is -2.33. The Bertz CT molecular complexity index is 293. The molecule has 1 rings (SSSR count). The number of aromatic nitrogens is 2. The smallest absolute Gasteiger partial charge is 0.0701 e. The summed E-state index contributed by atoms with van der Waals surface area (Å²) < 4.78 is 17.5. The van der Waals surface area contributed by atoms with E-state index in [1.165, 1.54) is 0 Å². The molecule has 19 heavy (non-hydrogen) atoms. The second kappa shape index (κ2) is 10.9. The van der Waals surface area contributed by atoms with E-state index < -0.39 is 0 Å². The largest absolute Gasteiger partial charge is 0.382 e. The van der Waals surface area contributed by atoms with Gasteiger partial charge in [-0.3, -0.25) is 4.68 Å². The fourth-order valence-corrected chi connectivity index (χ4v) is 1.60. The molecule has 6 heteroatoms. The number of rotatable bonds is 12. The number of methoxy groups -OCH3 is 1. The summed E-state index contributed by atoms with van der Waals surface area (Å²) in [5.74, 6) is 0. The summed E-state index contributed by atoms with van der Waals surface area (Å²) in [6, 6.07) is 2.31. The van der Waals surface area contributed by atoms with Gasteiger partial charge in [0.05, 0.1) is 39.6 Å². The van der Waals surface area contributed by atoms with Gasteiger partial charge in [0.15, 0.2) is 0 Å². The summed E-state index contributed by atoms with van der Waals surface area (Å²) >= 11 is 0. The van der Waals surface area contributed by atoms with Crippen LogP contribution in [0.1, 0.15) is 6.92 Å². The van der Waals surface area contributed by atoms with Crippen LogP contribution in [-0.2, 0) is 20.8 Å². The lowest BCUT2D eigenvalue weighted by atomic mass is 10.3. The number of nitrogens with zero attached hydrogens (tertiary/aromatic N) is 2. The number of hydrogen-bond acceptors (Lipinski definition) is 5. The highest BCUT2D eigenvalue weighted by Crippen LogP contribution is 1.90. The first-order valence-corrected chi connectivity index (χ1v) is 6.68. The molecule has 110 valence electrons. The van der Waals surface area contributed by atoms with Crippen molar-refractivity contribution >= 4 is 0 Å². The molecule has 1 N–H and O–H groups in total. The fraction of sp³-hybridized carbons (Fsp3) is 0.769. The Labute approximate surface area is 115 Å². The van der Waals surface area contributed by atoms with Crippen LogP contribution in [0.4, 0.5) is 0 Å². The van der Waals surface area contributed by atoms with E-state index >= 15 is 0 Å². The lowest BCUT2D eigenvalue weighted by Gasteiger charge is -2.14. The van der Waals surface area contributed by atoms with Crippen LogP contribution in [0.15, 0.2) is 18.5 Å². The molecule has 0 saturated carbocycles. The predicted octanol–water partition coefficient (Wildman–Crippen LogP) is 0.541. The van der Waals surface area contributed by atoms with Crippen LogP contribution in [0.3, 0.4) is 0 Å². The van der Waals surface area contributed by atoms with Gasteiger partial charge in [-0.25, -0.2) is 0 Å². The molecule has 0 amide bonds. The highest BCUT2D eigenvalue weighted by atomic mass is 16.5. The molecule has 0 radical (unpaired) electrons. The Morgan fingerprint density at radius 1 is 1.16 bits per heavy atom. The van der Waals surface area contributed by atoms with E-state index in [1.807, 2.05) is 16.9 Å². The minimum atomic E-state index is 0.376. The summed E-state index contributed by atoms with van der Waals surface area (Å²) in [6.07, 6.45) is 3.76. The van der Waals surface area contributed by atoms with E-state index in [0.717, 1.165) is 13.1 Å². The zero-order chi connectivity index (χ0) is 13.8. The van der Waals surface area contributed by atoms with Crippen LogP contribution in [0, 0.1) is 0 Å². The third-order valence-electron chi connectivity index (χ3n) is 2.56. The minimum absolute atomic E-state index is 0.376. The summed E-state index contributed by atoms with van der Waals surface area (Å²) in [5.41, 5.74) is 0. The van der Waals surface area contributed by atoms with Crippen molar-refractivity contribution in [2.24, 2.45) is 0 Å². The zero-order valence-electron chi connectivity index (χ0n) is 11.9. The fourth-order valence-electron chi connectivity index (χ4n) is 1.60. The number of ether oxygens (including phenoxy) is 3. The van der Waals surface area contributed by atoms with Crippen molar-refractivity contribution in [2.75, 3.05) is 46.7 Å². The molecule has 0 spiro atoms. The maximum Gasteiger partial charge on any atom is 0.0701 e. The van der Waals surface area contributed by atoms with E-state index in [2.05, 4.69) is 17.3 Å². The highest BCUT2D eigenvalue weighted by Gasteiger charge is 2.01. The molecule has 0 aromatic carbocycles. The van der Waals surface area contributed by atoms with E-state index in [4.69, 9.17) is 14.2 Å². The quantitative estimate of drug-likeness (QED) is 0.562. The molecular formula is C13H25N3O3.